The second kappa shape index (κ2) is 6.72. The van der Waals surface area contributed by atoms with E-state index in [0.717, 1.165) is 12.8 Å². The first kappa shape index (κ1) is 15.9. The summed E-state index contributed by atoms with van der Waals surface area (Å²) in [5.74, 6) is 1.76. The number of benzene rings is 1. The summed E-state index contributed by atoms with van der Waals surface area (Å²) in [7, 11) is 1.56. The zero-order chi connectivity index (χ0) is 17.2. The molecule has 2 bridgehead atoms. The molecule has 25 heavy (non-hydrogen) atoms. The number of rotatable bonds is 5. The van der Waals surface area contributed by atoms with E-state index in [1.807, 2.05) is 0 Å². The van der Waals surface area contributed by atoms with E-state index in [9.17, 15) is 4.79 Å². The second-order valence-corrected chi connectivity index (χ2v) is 6.52. The molecule has 2 N–H and O–H groups in total. The Bertz CT molecular complexity index is 763. The van der Waals surface area contributed by atoms with Crippen LogP contribution in [0.4, 0.5) is 0 Å². The second-order valence-electron chi connectivity index (χ2n) is 6.52. The molecule has 6 nitrogen and oxygen atoms in total. The van der Waals surface area contributed by atoms with Gasteiger partial charge in [-0.25, -0.2) is 4.98 Å². The van der Waals surface area contributed by atoms with Gasteiger partial charge >= 0.3 is 0 Å². The molecule has 1 aromatic carbocycles. The SMILES string of the molecule is COc1cc(Oc2ccc(C(=O)N[C@@H]3C[C@H]4CC[C@@H]3N4)cc2)ccn1. The van der Waals surface area contributed by atoms with Gasteiger partial charge in [0, 0.05) is 36.0 Å². The van der Waals surface area contributed by atoms with Gasteiger partial charge in [-0.3, -0.25) is 4.79 Å². The van der Waals surface area contributed by atoms with E-state index >= 15 is 0 Å². The Morgan fingerprint density at radius 1 is 1.20 bits per heavy atom. The number of nitrogens with one attached hydrogen (secondary N) is 2. The van der Waals surface area contributed by atoms with E-state index in [4.69, 9.17) is 9.47 Å². The number of fused-ring (bicyclic) bond motifs is 2. The minimum atomic E-state index is -0.0310. The number of aromatic nitrogens is 1. The topological polar surface area (TPSA) is 72.5 Å². The van der Waals surface area contributed by atoms with Crippen molar-refractivity contribution in [2.45, 2.75) is 37.4 Å². The van der Waals surface area contributed by atoms with E-state index in [0.29, 0.717) is 35.0 Å². The highest BCUT2D eigenvalue weighted by Gasteiger charge is 2.39. The van der Waals surface area contributed by atoms with Crippen molar-refractivity contribution < 1.29 is 14.3 Å². The summed E-state index contributed by atoms with van der Waals surface area (Å²) >= 11 is 0. The van der Waals surface area contributed by atoms with Crippen LogP contribution in [0.1, 0.15) is 29.6 Å². The van der Waals surface area contributed by atoms with Crippen molar-refractivity contribution in [1.29, 1.82) is 0 Å². The first-order chi connectivity index (χ1) is 12.2. The van der Waals surface area contributed by atoms with Gasteiger partial charge in [-0.2, -0.15) is 0 Å². The quantitative estimate of drug-likeness (QED) is 0.876. The van der Waals surface area contributed by atoms with Gasteiger partial charge in [0.05, 0.1) is 7.11 Å². The Kier molecular flexibility index (Phi) is 4.28. The van der Waals surface area contributed by atoms with Crippen LogP contribution in [-0.2, 0) is 0 Å². The Balaban J connectivity index is 1.38. The fraction of sp³-hybridized carbons (Fsp3) is 0.368. The number of amides is 1. The lowest BCUT2D eigenvalue weighted by molar-refractivity contribution is 0.0931. The molecule has 1 amide bonds. The predicted octanol–water partition coefficient (Wildman–Crippen LogP) is 2.51. The minimum Gasteiger partial charge on any atom is -0.481 e. The fourth-order valence-electron chi connectivity index (χ4n) is 3.61. The Hall–Kier alpha value is -2.60. The van der Waals surface area contributed by atoms with Crippen LogP contribution in [0.15, 0.2) is 42.6 Å². The average Bonchev–Trinajstić information content (AvgIpc) is 3.25. The van der Waals surface area contributed by atoms with Crippen LogP contribution in [-0.4, -0.2) is 36.1 Å². The highest BCUT2D eigenvalue weighted by Crippen LogP contribution is 2.28. The summed E-state index contributed by atoms with van der Waals surface area (Å²) in [4.78, 5) is 16.5. The Morgan fingerprint density at radius 2 is 2.04 bits per heavy atom. The first-order valence-corrected chi connectivity index (χ1v) is 8.56. The van der Waals surface area contributed by atoms with Crippen LogP contribution < -0.4 is 20.1 Å². The predicted molar refractivity (Wildman–Crippen MR) is 93.1 cm³/mol. The number of hydrogen-bond acceptors (Lipinski definition) is 5. The molecule has 3 heterocycles. The van der Waals surface area contributed by atoms with E-state index < -0.39 is 0 Å². The van der Waals surface area contributed by atoms with Crippen LogP contribution in [0.3, 0.4) is 0 Å². The van der Waals surface area contributed by atoms with E-state index in [-0.39, 0.29) is 11.9 Å². The molecule has 0 aliphatic carbocycles. The van der Waals surface area contributed by atoms with E-state index in [1.54, 1.807) is 49.7 Å². The number of carbonyl (C=O) groups is 1. The molecule has 2 aliphatic heterocycles. The van der Waals surface area contributed by atoms with Gasteiger partial charge in [-0.05, 0) is 49.6 Å². The van der Waals surface area contributed by atoms with Crippen molar-refractivity contribution in [3.05, 3.63) is 48.2 Å². The van der Waals surface area contributed by atoms with Crippen molar-refractivity contribution in [3.63, 3.8) is 0 Å². The van der Waals surface area contributed by atoms with Gasteiger partial charge in [-0.1, -0.05) is 0 Å². The van der Waals surface area contributed by atoms with Crippen molar-refractivity contribution in [1.82, 2.24) is 15.6 Å². The van der Waals surface area contributed by atoms with Gasteiger partial charge in [0.2, 0.25) is 5.88 Å². The van der Waals surface area contributed by atoms with Gasteiger partial charge < -0.3 is 20.1 Å². The molecule has 3 atom stereocenters. The van der Waals surface area contributed by atoms with Gasteiger partial charge in [0.15, 0.2) is 0 Å². The molecule has 0 unspecified atom stereocenters. The highest BCUT2D eigenvalue weighted by atomic mass is 16.5. The van der Waals surface area contributed by atoms with Crippen LogP contribution in [0.5, 0.6) is 17.4 Å². The summed E-state index contributed by atoms with van der Waals surface area (Å²) < 4.78 is 10.8. The van der Waals surface area contributed by atoms with E-state index in [1.165, 1.54) is 6.42 Å². The monoisotopic (exact) mass is 339 g/mol. The molecule has 2 aromatic rings. The smallest absolute Gasteiger partial charge is 0.251 e. The van der Waals surface area contributed by atoms with Crippen molar-refractivity contribution in [3.8, 4) is 17.4 Å². The molecule has 4 rings (SSSR count). The maximum absolute atomic E-state index is 12.4. The molecule has 1 aromatic heterocycles. The zero-order valence-corrected chi connectivity index (χ0v) is 14.1. The summed E-state index contributed by atoms with van der Waals surface area (Å²) in [6, 6.07) is 11.9. The van der Waals surface area contributed by atoms with Crippen LogP contribution in [0.2, 0.25) is 0 Å². The molecular weight excluding hydrogens is 318 g/mol. The summed E-state index contributed by atoms with van der Waals surface area (Å²) in [5, 5.41) is 6.67. The number of methoxy groups -OCH3 is 1. The number of pyridine rings is 1. The molecule has 0 radical (unpaired) electrons. The normalized spacial score (nSPS) is 24.1. The van der Waals surface area contributed by atoms with Crippen molar-refractivity contribution >= 4 is 5.91 Å². The maximum Gasteiger partial charge on any atom is 0.251 e. The number of hydrogen-bond donors (Lipinski definition) is 2. The third kappa shape index (κ3) is 3.44. The summed E-state index contributed by atoms with van der Waals surface area (Å²) in [6.07, 6.45) is 5.03. The lowest BCUT2D eigenvalue weighted by atomic mass is 9.95. The molecule has 130 valence electrons. The molecule has 0 saturated carbocycles. The summed E-state index contributed by atoms with van der Waals surface area (Å²) in [6.45, 7) is 0. The number of nitrogens with zero attached hydrogens (tertiary/aromatic N) is 1. The zero-order valence-electron chi connectivity index (χ0n) is 14.1. The molecule has 0 spiro atoms. The number of carbonyl (C=O) groups excluding carboxylic acids is 1. The third-order valence-corrected chi connectivity index (χ3v) is 4.88. The Labute approximate surface area is 146 Å². The standard InChI is InChI=1S/C19H21N3O3/c1-24-18-11-15(8-9-20-18)25-14-5-2-12(3-6-14)19(23)22-17-10-13-4-7-16(17)21-13/h2-3,5-6,8-9,11,13,16-17,21H,4,7,10H2,1H3,(H,22,23)/t13-,16+,17-/m1/s1. The van der Waals surface area contributed by atoms with Crippen LogP contribution in [0.25, 0.3) is 0 Å². The fourth-order valence-corrected chi connectivity index (χ4v) is 3.61. The van der Waals surface area contributed by atoms with Crippen LogP contribution in [0, 0.1) is 0 Å². The molecule has 2 aliphatic rings. The average molecular weight is 339 g/mol. The maximum atomic E-state index is 12.4. The van der Waals surface area contributed by atoms with Gasteiger partial charge in [0.25, 0.3) is 5.91 Å². The van der Waals surface area contributed by atoms with Gasteiger partial charge in [0.1, 0.15) is 11.5 Å². The highest BCUT2D eigenvalue weighted by molar-refractivity contribution is 5.94. The van der Waals surface area contributed by atoms with Crippen molar-refractivity contribution in [2.24, 2.45) is 0 Å². The molecule has 2 saturated heterocycles. The van der Waals surface area contributed by atoms with Crippen LogP contribution >= 0.6 is 0 Å². The Morgan fingerprint density at radius 3 is 2.72 bits per heavy atom. The lowest BCUT2D eigenvalue weighted by Gasteiger charge is -2.21. The van der Waals surface area contributed by atoms with Crippen molar-refractivity contribution in [2.75, 3.05) is 7.11 Å². The summed E-state index contributed by atoms with van der Waals surface area (Å²) in [5.41, 5.74) is 0.641. The van der Waals surface area contributed by atoms with E-state index in [2.05, 4.69) is 15.6 Å². The molecule has 6 heteroatoms. The molecule has 2 fully saturated rings. The first-order valence-electron chi connectivity index (χ1n) is 8.56. The number of ether oxygens (including phenoxy) is 2. The third-order valence-electron chi connectivity index (χ3n) is 4.88. The molecular formula is C19H21N3O3. The largest absolute Gasteiger partial charge is 0.481 e. The van der Waals surface area contributed by atoms with Gasteiger partial charge in [-0.15, -0.1) is 0 Å². The minimum absolute atomic E-state index is 0.0310. The lowest BCUT2D eigenvalue weighted by Crippen LogP contribution is -2.42.